The quantitative estimate of drug-likeness (QED) is 0.442. The maximum atomic E-state index is 2.46. The zero-order valence-corrected chi connectivity index (χ0v) is 8.09. The average Bonchev–Trinajstić information content (AvgIpc) is 2.19. The largest absolute Gasteiger partial charge is 0.0998 e. The van der Waals surface area contributed by atoms with Crippen molar-refractivity contribution in [3.8, 4) is 0 Å². The van der Waals surface area contributed by atoms with E-state index in [-0.39, 0.29) is 8.41 Å². The number of hydrogen-bond donors (Lipinski definition) is 0. The van der Waals surface area contributed by atoms with Gasteiger partial charge in [-0.05, 0) is 0 Å². The molecule has 0 atom stereocenters. The Labute approximate surface area is 54.6 Å². The Morgan fingerprint density at radius 3 is 2.50 bits per heavy atom. The highest BCUT2D eigenvalue weighted by Gasteiger charge is 1.88. The molecule has 0 saturated heterocycles. The zero-order valence-electron chi connectivity index (χ0n) is 5.09. The van der Waals surface area contributed by atoms with Crippen molar-refractivity contribution in [3.05, 3.63) is 23.6 Å². The topological polar surface area (TPSA) is 0 Å². The number of hydrogen-bond acceptors (Lipinski definition) is 0. The van der Waals surface area contributed by atoms with Gasteiger partial charge in [-0.15, -0.1) is 0 Å². The van der Waals surface area contributed by atoms with Gasteiger partial charge >= 0.3 is 0 Å². The average molecular weight is 138 g/mol. The standard InChI is InChI=1S/C6H10Si2/c7-3-6-8-4-1-2-5-8/h1-2,4-6H,3H2,7H3. The molecule has 0 saturated carbocycles. The van der Waals surface area contributed by atoms with Gasteiger partial charge in [-0.2, -0.15) is 0 Å². The van der Waals surface area contributed by atoms with E-state index < -0.39 is 0 Å². The van der Waals surface area contributed by atoms with Crippen LogP contribution < -0.4 is 0 Å². The summed E-state index contributed by atoms with van der Waals surface area (Å²) in [5.74, 6) is 0. The summed E-state index contributed by atoms with van der Waals surface area (Å²) in [6.45, 7) is 0. The predicted molar refractivity (Wildman–Crippen MR) is 44.8 cm³/mol. The molecule has 0 aromatic rings. The molecule has 0 amide bonds. The molecule has 0 spiro atoms. The predicted octanol–water partition coefficient (Wildman–Crippen LogP) is -0.147. The minimum absolute atomic E-state index is 0.215. The highest BCUT2D eigenvalue weighted by Crippen LogP contribution is 1.89. The lowest BCUT2D eigenvalue weighted by molar-refractivity contribution is 2.05. The minimum atomic E-state index is -0.215. The van der Waals surface area contributed by atoms with Crippen LogP contribution in [0.1, 0.15) is 0 Å². The Balaban J connectivity index is 2.60. The van der Waals surface area contributed by atoms with E-state index in [1.165, 1.54) is 16.3 Å². The van der Waals surface area contributed by atoms with Crippen molar-refractivity contribution in [2.45, 2.75) is 6.04 Å². The molecular weight excluding hydrogens is 128 g/mol. The van der Waals surface area contributed by atoms with E-state index in [2.05, 4.69) is 29.2 Å². The number of rotatable bonds is 1. The molecule has 0 radical (unpaired) electrons. The molecule has 1 aliphatic rings. The molecule has 0 fully saturated rings. The maximum absolute atomic E-state index is 2.46. The van der Waals surface area contributed by atoms with Gasteiger partial charge in [-0.3, -0.25) is 0 Å². The summed E-state index contributed by atoms with van der Waals surface area (Å²) in [7, 11) is 1.11. The highest BCUT2D eigenvalue weighted by atomic mass is 28.2. The van der Waals surface area contributed by atoms with E-state index in [4.69, 9.17) is 0 Å². The Morgan fingerprint density at radius 2 is 2.00 bits per heavy atom. The van der Waals surface area contributed by atoms with Crippen molar-refractivity contribution < 1.29 is 0 Å². The van der Waals surface area contributed by atoms with Gasteiger partial charge in [-0.25, -0.2) is 0 Å². The van der Waals surface area contributed by atoms with E-state index in [0.29, 0.717) is 0 Å². The fourth-order valence-electron chi connectivity index (χ4n) is 0.761. The minimum Gasteiger partial charge on any atom is -0.0998 e. The first-order valence-electron chi connectivity index (χ1n) is 2.98. The highest BCUT2D eigenvalue weighted by molar-refractivity contribution is 6.77. The summed E-state index contributed by atoms with van der Waals surface area (Å²) in [4.78, 5) is 0. The van der Waals surface area contributed by atoms with Gasteiger partial charge in [0.25, 0.3) is 0 Å². The molecule has 0 bridgehead atoms. The second-order valence-electron chi connectivity index (χ2n) is 1.83. The van der Waals surface area contributed by atoms with Crippen molar-refractivity contribution in [1.29, 1.82) is 0 Å². The zero-order chi connectivity index (χ0) is 5.82. The molecule has 0 unspecified atom stereocenters. The van der Waals surface area contributed by atoms with Crippen LogP contribution in [-0.4, -0.2) is 24.3 Å². The van der Waals surface area contributed by atoms with Gasteiger partial charge < -0.3 is 0 Å². The molecular formula is C6H10Si2. The summed E-state index contributed by atoms with van der Waals surface area (Å²) in [5, 5.41) is 0. The smallest absolute Gasteiger partial charge is 0.0600 e. The fourth-order valence-corrected chi connectivity index (χ4v) is 3.70. The van der Waals surface area contributed by atoms with Crippen molar-refractivity contribution in [3.63, 3.8) is 0 Å². The van der Waals surface area contributed by atoms with E-state index in [9.17, 15) is 0 Å². The van der Waals surface area contributed by atoms with Crippen molar-refractivity contribution in [1.82, 2.24) is 0 Å². The summed E-state index contributed by atoms with van der Waals surface area (Å²) in [6.07, 6.45) is 4.31. The van der Waals surface area contributed by atoms with Crippen molar-refractivity contribution in [2.75, 3.05) is 0 Å². The summed E-state index contributed by atoms with van der Waals surface area (Å²) >= 11 is 0. The van der Waals surface area contributed by atoms with Gasteiger partial charge in [-0.1, -0.05) is 35.3 Å². The summed E-state index contributed by atoms with van der Waals surface area (Å²) in [6, 6.07) is 1.35. The lowest BCUT2D eigenvalue weighted by atomic mass is 10.6. The van der Waals surface area contributed by atoms with Crippen LogP contribution in [0.5, 0.6) is 0 Å². The SMILES string of the molecule is [SiH3]CC=[Si]1C=CC=C1. The van der Waals surface area contributed by atoms with Crippen LogP contribution >= 0.6 is 0 Å². The van der Waals surface area contributed by atoms with E-state index in [1.807, 2.05) is 0 Å². The molecule has 0 aromatic heterocycles. The molecule has 0 N–H and O–H groups in total. The molecule has 0 aromatic carbocycles. The molecule has 2 heteroatoms. The molecule has 0 aliphatic carbocycles. The normalized spacial score (nSPS) is 15.8. The van der Waals surface area contributed by atoms with Gasteiger partial charge in [0, 0.05) is 10.2 Å². The molecule has 1 rings (SSSR count). The third-order valence-corrected chi connectivity index (χ3v) is 4.39. The van der Waals surface area contributed by atoms with E-state index in [0.717, 1.165) is 0 Å². The lowest BCUT2D eigenvalue weighted by Gasteiger charge is -1.80. The van der Waals surface area contributed by atoms with Gasteiger partial charge in [0.2, 0.25) is 0 Å². The maximum Gasteiger partial charge on any atom is 0.0600 e. The van der Waals surface area contributed by atoms with E-state index in [1.54, 1.807) is 0 Å². The van der Waals surface area contributed by atoms with Crippen LogP contribution in [0.2, 0.25) is 6.04 Å². The fraction of sp³-hybridized carbons (Fsp3) is 0.167. The Hall–Kier alpha value is -0.216. The molecule has 1 aliphatic heterocycles. The van der Waals surface area contributed by atoms with Gasteiger partial charge in [0.15, 0.2) is 0 Å². The van der Waals surface area contributed by atoms with E-state index >= 15 is 0 Å². The van der Waals surface area contributed by atoms with Crippen molar-refractivity contribution in [2.24, 2.45) is 0 Å². The van der Waals surface area contributed by atoms with Gasteiger partial charge in [0.05, 0.1) is 8.41 Å². The first-order chi connectivity index (χ1) is 3.93. The Morgan fingerprint density at radius 1 is 1.38 bits per heavy atom. The van der Waals surface area contributed by atoms with Crippen LogP contribution in [0, 0.1) is 0 Å². The summed E-state index contributed by atoms with van der Waals surface area (Å²) < 4.78 is 0. The third-order valence-electron chi connectivity index (χ3n) is 1.13. The Bertz CT molecular complexity index is 140. The first-order valence-corrected chi connectivity index (χ1v) is 6.13. The van der Waals surface area contributed by atoms with Crippen LogP contribution in [0.15, 0.2) is 23.6 Å². The second-order valence-corrected chi connectivity index (χ2v) is 4.72. The molecule has 0 nitrogen and oxygen atoms in total. The lowest BCUT2D eigenvalue weighted by Crippen LogP contribution is -1.93. The molecule has 42 valence electrons. The van der Waals surface area contributed by atoms with Crippen molar-refractivity contribution >= 4 is 24.3 Å². The monoisotopic (exact) mass is 138 g/mol. The van der Waals surface area contributed by atoms with Crippen LogP contribution in [0.25, 0.3) is 0 Å². The Kier molecular flexibility index (Phi) is 2.17. The van der Waals surface area contributed by atoms with Crippen LogP contribution in [-0.2, 0) is 0 Å². The van der Waals surface area contributed by atoms with Gasteiger partial charge in [0.1, 0.15) is 0 Å². The second kappa shape index (κ2) is 2.94. The number of allylic oxidation sites excluding steroid dienone is 2. The third kappa shape index (κ3) is 1.38. The van der Waals surface area contributed by atoms with Crippen LogP contribution in [0.4, 0.5) is 0 Å². The molecule has 8 heavy (non-hydrogen) atoms. The molecule has 1 heterocycles. The van der Waals surface area contributed by atoms with Crippen LogP contribution in [0.3, 0.4) is 0 Å². The first kappa shape index (κ1) is 5.91. The summed E-state index contributed by atoms with van der Waals surface area (Å²) in [5.41, 5.74) is 7.10.